The molecule has 28 heavy (non-hydrogen) atoms. The molecule has 2 aromatic rings. The summed E-state index contributed by atoms with van der Waals surface area (Å²) < 4.78 is 33.5. The number of sulfone groups is 1. The first-order chi connectivity index (χ1) is 13.3. The summed E-state index contributed by atoms with van der Waals surface area (Å²) in [4.78, 5) is 38.2. The van der Waals surface area contributed by atoms with Crippen LogP contribution in [0.25, 0.3) is 11.0 Å². The summed E-state index contributed by atoms with van der Waals surface area (Å²) in [7, 11) is -3.15. The van der Waals surface area contributed by atoms with Gasteiger partial charge in [0.15, 0.2) is 16.4 Å². The van der Waals surface area contributed by atoms with E-state index in [0.717, 1.165) is 0 Å². The molecule has 0 N–H and O–H groups in total. The van der Waals surface area contributed by atoms with Crippen LogP contribution >= 0.6 is 0 Å². The zero-order valence-corrected chi connectivity index (χ0v) is 16.2. The van der Waals surface area contributed by atoms with E-state index in [1.807, 2.05) is 6.92 Å². The summed E-state index contributed by atoms with van der Waals surface area (Å²) in [6.07, 6.45) is 1.01. The number of carbonyl (C=O) groups is 2. The van der Waals surface area contributed by atoms with E-state index in [1.165, 1.54) is 11.0 Å². The lowest BCUT2D eigenvalue weighted by Crippen LogP contribution is -2.43. The van der Waals surface area contributed by atoms with E-state index in [-0.39, 0.29) is 17.1 Å². The number of fused-ring (bicyclic) bond motifs is 1. The van der Waals surface area contributed by atoms with Crippen LogP contribution in [0.1, 0.15) is 30.1 Å². The Hall–Kier alpha value is -2.68. The van der Waals surface area contributed by atoms with Crippen LogP contribution in [0.5, 0.6) is 0 Å². The molecule has 0 radical (unpaired) electrons. The number of hydrogen-bond acceptors (Lipinski definition) is 7. The van der Waals surface area contributed by atoms with E-state index >= 15 is 0 Å². The van der Waals surface area contributed by atoms with Gasteiger partial charge in [0.1, 0.15) is 11.1 Å². The number of amides is 1. The third kappa shape index (κ3) is 4.41. The summed E-state index contributed by atoms with van der Waals surface area (Å²) >= 11 is 0. The monoisotopic (exact) mass is 407 g/mol. The van der Waals surface area contributed by atoms with Crippen LogP contribution in [0.4, 0.5) is 0 Å². The average molecular weight is 407 g/mol. The van der Waals surface area contributed by atoms with Crippen LogP contribution in [0.15, 0.2) is 39.5 Å². The van der Waals surface area contributed by atoms with Gasteiger partial charge in [-0.15, -0.1) is 0 Å². The Morgan fingerprint density at radius 1 is 1.29 bits per heavy atom. The summed E-state index contributed by atoms with van der Waals surface area (Å²) in [6, 6.07) is 7.67. The Balaban J connectivity index is 1.70. The number of esters is 1. The SMILES string of the molecule is CCCN(C(=O)COC(=O)c1cc2ccccc2oc1=O)[C@H]1CCS(=O)(=O)C1. The van der Waals surface area contributed by atoms with Crippen molar-refractivity contribution in [2.75, 3.05) is 24.7 Å². The second kappa shape index (κ2) is 8.14. The van der Waals surface area contributed by atoms with Gasteiger partial charge in [-0.25, -0.2) is 18.0 Å². The predicted molar refractivity (Wildman–Crippen MR) is 102 cm³/mol. The molecule has 0 unspecified atom stereocenters. The Morgan fingerprint density at radius 2 is 2.04 bits per heavy atom. The normalized spacial score (nSPS) is 18.1. The maximum atomic E-state index is 12.5. The average Bonchev–Trinajstić information content (AvgIpc) is 3.02. The molecule has 1 atom stereocenters. The van der Waals surface area contributed by atoms with Gasteiger partial charge in [-0.2, -0.15) is 0 Å². The number of ether oxygens (including phenoxy) is 1. The fraction of sp³-hybridized carbons (Fsp3) is 0.421. The molecule has 3 rings (SSSR count). The van der Waals surface area contributed by atoms with Gasteiger partial charge in [-0.3, -0.25) is 4.79 Å². The number of nitrogens with zero attached hydrogens (tertiary/aromatic N) is 1. The molecule has 8 nitrogen and oxygen atoms in total. The Labute approximate surface area is 162 Å². The third-order valence-electron chi connectivity index (χ3n) is 4.62. The molecule has 0 aliphatic carbocycles. The highest BCUT2D eigenvalue weighted by Crippen LogP contribution is 2.19. The lowest BCUT2D eigenvalue weighted by Gasteiger charge is -2.27. The van der Waals surface area contributed by atoms with Crippen molar-refractivity contribution in [2.24, 2.45) is 0 Å². The van der Waals surface area contributed by atoms with Crippen molar-refractivity contribution in [1.29, 1.82) is 0 Å². The molecule has 2 heterocycles. The van der Waals surface area contributed by atoms with Crippen molar-refractivity contribution in [3.8, 4) is 0 Å². The van der Waals surface area contributed by atoms with Gasteiger partial charge in [0.05, 0.1) is 11.5 Å². The molecule has 1 aromatic carbocycles. The minimum Gasteiger partial charge on any atom is -0.452 e. The molecule has 1 amide bonds. The van der Waals surface area contributed by atoms with Crippen LogP contribution in [0.2, 0.25) is 0 Å². The number of carbonyl (C=O) groups excluding carboxylic acids is 2. The van der Waals surface area contributed by atoms with Crippen LogP contribution in [0.3, 0.4) is 0 Å². The molecule has 1 aliphatic heterocycles. The standard InChI is InChI=1S/C19H21NO7S/c1-2-8-20(14-7-9-28(24,25)12-14)17(21)11-26-18(22)15-10-13-5-3-4-6-16(13)27-19(15)23/h3-6,10,14H,2,7-9,11-12H2,1H3/t14-/m0/s1. The van der Waals surface area contributed by atoms with Gasteiger partial charge < -0.3 is 14.1 Å². The van der Waals surface area contributed by atoms with Crippen molar-refractivity contribution in [3.63, 3.8) is 0 Å². The fourth-order valence-electron chi connectivity index (χ4n) is 3.27. The lowest BCUT2D eigenvalue weighted by atomic mass is 10.2. The van der Waals surface area contributed by atoms with E-state index < -0.39 is 40.0 Å². The second-order valence-electron chi connectivity index (χ2n) is 6.71. The van der Waals surface area contributed by atoms with E-state index in [0.29, 0.717) is 30.4 Å². The van der Waals surface area contributed by atoms with Crippen molar-refractivity contribution < 1.29 is 27.2 Å². The highest BCUT2D eigenvalue weighted by atomic mass is 32.2. The minimum atomic E-state index is -3.15. The number of hydrogen-bond donors (Lipinski definition) is 0. The van der Waals surface area contributed by atoms with Gasteiger partial charge in [-0.1, -0.05) is 25.1 Å². The quantitative estimate of drug-likeness (QED) is 0.525. The first-order valence-electron chi connectivity index (χ1n) is 9.00. The lowest BCUT2D eigenvalue weighted by molar-refractivity contribution is -0.136. The van der Waals surface area contributed by atoms with Crippen LogP contribution in [-0.4, -0.2) is 55.9 Å². The van der Waals surface area contributed by atoms with Crippen molar-refractivity contribution in [3.05, 3.63) is 46.3 Å². The highest BCUT2D eigenvalue weighted by molar-refractivity contribution is 7.91. The second-order valence-corrected chi connectivity index (χ2v) is 8.93. The smallest absolute Gasteiger partial charge is 0.351 e. The molecular formula is C19H21NO7S. The molecule has 1 fully saturated rings. The van der Waals surface area contributed by atoms with E-state index in [2.05, 4.69) is 0 Å². The third-order valence-corrected chi connectivity index (χ3v) is 6.37. The molecule has 1 aromatic heterocycles. The Morgan fingerprint density at radius 3 is 2.71 bits per heavy atom. The summed E-state index contributed by atoms with van der Waals surface area (Å²) in [5.74, 6) is -1.48. The molecule has 1 saturated heterocycles. The zero-order chi connectivity index (χ0) is 20.3. The molecule has 0 saturated carbocycles. The maximum Gasteiger partial charge on any atom is 0.351 e. The first kappa shape index (κ1) is 20.1. The van der Waals surface area contributed by atoms with Gasteiger partial charge >= 0.3 is 11.6 Å². The van der Waals surface area contributed by atoms with Crippen molar-refractivity contribution >= 4 is 32.7 Å². The van der Waals surface area contributed by atoms with Crippen LogP contribution in [-0.2, 0) is 19.4 Å². The van der Waals surface area contributed by atoms with Crippen LogP contribution in [0, 0.1) is 0 Å². The zero-order valence-electron chi connectivity index (χ0n) is 15.4. The number of para-hydroxylation sites is 1. The van der Waals surface area contributed by atoms with Crippen molar-refractivity contribution in [1.82, 2.24) is 4.90 Å². The first-order valence-corrected chi connectivity index (χ1v) is 10.8. The highest BCUT2D eigenvalue weighted by Gasteiger charge is 2.34. The number of rotatable bonds is 6. The molecule has 0 spiro atoms. The van der Waals surface area contributed by atoms with Gasteiger partial charge in [0.2, 0.25) is 0 Å². The number of benzene rings is 1. The molecule has 150 valence electrons. The Bertz CT molecular complexity index is 1060. The largest absolute Gasteiger partial charge is 0.452 e. The molecule has 0 bridgehead atoms. The van der Waals surface area contributed by atoms with Gasteiger partial charge in [-0.05, 0) is 25.0 Å². The molecular weight excluding hydrogens is 386 g/mol. The summed E-state index contributed by atoms with van der Waals surface area (Å²) in [6.45, 7) is 1.67. The van der Waals surface area contributed by atoms with Crippen LogP contribution < -0.4 is 5.63 Å². The summed E-state index contributed by atoms with van der Waals surface area (Å²) in [5, 5.41) is 0.559. The van der Waals surface area contributed by atoms with Gasteiger partial charge in [0.25, 0.3) is 5.91 Å². The maximum absolute atomic E-state index is 12.5. The molecule has 9 heteroatoms. The minimum absolute atomic E-state index is 0.0447. The van der Waals surface area contributed by atoms with Crippen molar-refractivity contribution in [2.45, 2.75) is 25.8 Å². The summed E-state index contributed by atoms with van der Waals surface area (Å²) in [5.41, 5.74) is -0.794. The van der Waals surface area contributed by atoms with E-state index in [9.17, 15) is 22.8 Å². The van der Waals surface area contributed by atoms with E-state index in [1.54, 1.807) is 24.3 Å². The predicted octanol–water partition coefficient (Wildman–Crippen LogP) is 1.38. The molecule has 1 aliphatic rings. The fourth-order valence-corrected chi connectivity index (χ4v) is 5.00. The Kier molecular flexibility index (Phi) is 5.83. The topological polar surface area (TPSA) is 111 Å². The van der Waals surface area contributed by atoms with E-state index in [4.69, 9.17) is 9.15 Å². The van der Waals surface area contributed by atoms with Gasteiger partial charge in [0, 0.05) is 18.0 Å².